The van der Waals surface area contributed by atoms with Gasteiger partial charge in [-0.05, 0) is 33.9 Å². The average molecular weight is 200 g/mol. The van der Waals surface area contributed by atoms with Crippen molar-refractivity contribution in [3.63, 3.8) is 0 Å². The zero-order chi connectivity index (χ0) is 11.2. The van der Waals surface area contributed by atoms with E-state index in [9.17, 15) is 4.79 Å². The normalized spacial score (nSPS) is 11.9. The Labute approximate surface area is 87.9 Å². The van der Waals surface area contributed by atoms with E-state index < -0.39 is 0 Å². The molecule has 0 aliphatic rings. The summed E-state index contributed by atoms with van der Waals surface area (Å²) in [6.45, 7) is 13.1. The van der Waals surface area contributed by atoms with Crippen LogP contribution in [0.25, 0.3) is 0 Å². The Hall–Kier alpha value is -0.570. The number of nitrogens with one attached hydrogen (secondary N) is 1. The molecule has 14 heavy (non-hydrogen) atoms. The molecule has 0 spiro atoms. The van der Waals surface area contributed by atoms with Crippen LogP contribution in [0.3, 0.4) is 0 Å². The van der Waals surface area contributed by atoms with Gasteiger partial charge >= 0.3 is 0 Å². The molecule has 0 aromatic carbocycles. The lowest BCUT2D eigenvalue weighted by Crippen LogP contribution is -2.42. The second-order valence-corrected chi connectivity index (χ2v) is 4.58. The molecule has 0 bridgehead atoms. The minimum Gasteiger partial charge on any atom is -0.351 e. The van der Waals surface area contributed by atoms with E-state index >= 15 is 0 Å². The molecule has 0 fully saturated rings. The minimum atomic E-state index is -0.111. The summed E-state index contributed by atoms with van der Waals surface area (Å²) in [5.74, 6) is 0.143. The van der Waals surface area contributed by atoms with Crippen molar-refractivity contribution in [3.05, 3.63) is 0 Å². The largest absolute Gasteiger partial charge is 0.351 e. The van der Waals surface area contributed by atoms with Gasteiger partial charge in [-0.25, -0.2) is 0 Å². The summed E-state index contributed by atoms with van der Waals surface area (Å²) in [6.07, 6.45) is 0.596. The third-order valence-corrected chi connectivity index (χ3v) is 2.06. The third-order valence-electron chi connectivity index (χ3n) is 2.06. The summed E-state index contributed by atoms with van der Waals surface area (Å²) in [7, 11) is 0. The molecule has 1 N–H and O–H groups in total. The van der Waals surface area contributed by atoms with Crippen LogP contribution >= 0.6 is 0 Å². The number of rotatable bonds is 5. The van der Waals surface area contributed by atoms with Crippen molar-refractivity contribution in [2.75, 3.05) is 19.6 Å². The van der Waals surface area contributed by atoms with Crippen molar-refractivity contribution in [3.8, 4) is 0 Å². The first-order valence-electron chi connectivity index (χ1n) is 5.42. The van der Waals surface area contributed by atoms with Gasteiger partial charge in [0.05, 0.1) is 0 Å². The van der Waals surface area contributed by atoms with Gasteiger partial charge in [-0.3, -0.25) is 4.79 Å². The first-order chi connectivity index (χ1) is 6.39. The zero-order valence-electron chi connectivity index (χ0n) is 10.2. The predicted molar refractivity (Wildman–Crippen MR) is 60.3 cm³/mol. The molecular formula is C11H24N2O. The van der Waals surface area contributed by atoms with Gasteiger partial charge in [0, 0.05) is 18.5 Å². The lowest BCUT2D eigenvalue weighted by Gasteiger charge is -2.22. The molecule has 0 unspecified atom stereocenters. The minimum absolute atomic E-state index is 0.111. The maximum absolute atomic E-state index is 11.5. The number of nitrogens with zero attached hydrogens (tertiary/aromatic N) is 1. The van der Waals surface area contributed by atoms with Gasteiger partial charge in [0.1, 0.15) is 0 Å². The molecule has 0 heterocycles. The molecule has 0 saturated carbocycles. The second-order valence-electron chi connectivity index (χ2n) is 4.58. The fourth-order valence-corrected chi connectivity index (χ4v) is 1.28. The van der Waals surface area contributed by atoms with Gasteiger partial charge in [-0.15, -0.1) is 0 Å². The Bertz CT molecular complexity index is 169. The van der Waals surface area contributed by atoms with Crippen molar-refractivity contribution in [1.29, 1.82) is 0 Å². The van der Waals surface area contributed by atoms with Gasteiger partial charge in [0.2, 0.25) is 5.91 Å². The van der Waals surface area contributed by atoms with Gasteiger partial charge in [0.15, 0.2) is 0 Å². The van der Waals surface area contributed by atoms with Crippen LogP contribution in [0.1, 0.15) is 41.0 Å². The molecule has 0 saturated heterocycles. The van der Waals surface area contributed by atoms with Crippen LogP contribution in [0.5, 0.6) is 0 Å². The fraction of sp³-hybridized carbons (Fsp3) is 0.909. The Balaban J connectivity index is 3.74. The van der Waals surface area contributed by atoms with Gasteiger partial charge in [-0.2, -0.15) is 0 Å². The first-order valence-corrected chi connectivity index (χ1v) is 5.42. The van der Waals surface area contributed by atoms with E-state index in [1.807, 2.05) is 20.8 Å². The van der Waals surface area contributed by atoms with E-state index in [4.69, 9.17) is 0 Å². The molecule has 3 nitrogen and oxygen atoms in total. The average Bonchev–Trinajstić information content (AvgIpc) is 2.03. The lowest BCUT2D eigenvalue weighted by molar-refractivity contribution is -0.122. The molecule has 0 aromatic heterocycles. The molecular weight excluding hydrogens is 176 g/mol. The Morgan fingerprint density at radius 2 is 1.71 bits per heavy atom. The summed E-state index contributed by atoms with van der Waals surface area (Å²) < 4.78 is 0. The molecule has 0 radical (unpaired) electrons. The summed E-state index contributed by atoms with van der Waals surface area (Å²) >= 11 is 0. The van der Waals surface area contributed by atoms with Crippen molar-refractivity contribution >= 4 is 5.91 Å². The van der Waals surface area contributed by atoms with Crippen LogP contribution in [0.2, 0.25) is 0 Å². The monoisotopic (exact) mass is 200 g/mol. The van der Waals surface area contributed by atoms with Crippen LogP contribution < -0.4 is 5.32 Å². The molecule has 0 atom stereocenters. The van der Waals surface area contributed by atoms with E-state index in [0.29, 0.717) is 6.42 Å². The Kier molecular flexibility index (Phi) is 5.77. The van der Waals surface area contributed by atoms with Crippen LogP contribution in [-0.4, -0.2) is 36.0 Å². The highest BCUT2D eigenvalue weighted by Crippen LogP contribution is 1.99. The van der Waals surface area contributed by atoms with Crippen LogP contribution in [0.4, 0.5) is 0 Å². The summed E-state index contributed by atoms with van der Waals surface area (Å²) in [5, 5.41) is 2.96. The number of hydrogen-bond donors (Lipinski definition) is 1. The molecule has 0 rings (SSSR count). The first kappa shape index (κ1) is 13.4. The summed E-state index contributed by atoms with van der Waals surface area (Å²) in [6, 6.07) is 0. The number of carbonyl (C=O) groups excluding carboxylic acids is 1. The molecule has 0 aromatic rings. The Morgan fingerprint density at radius 3 is 2.07 bits per heavy atom. The van der Waals surface area contributed by atoms with E-state index in [1.54, 1.807) is 0 Å². The van der Waals surface area contributed by atoms with Gasteiger partial charge < -0.3 is 10.2 Å². The van der Waals surface area contributed by atoms with E-state index in [0.717, 1.165) is 19.6 Å². The topological polar surface area (TPSA) is 32.3 Å². The van der Waals surface area contributed by atoms with E-state index in [1.165, 1.54) is 0 Å². The third kappa shape index (κ3) is 6.89. The fourth-order valence-electron chi connectivity index (χ4n) is 1.28. The number of hydrogen-bond acceptors (Lipinski definition) is 2. The van der Waals surface area contributed by atoms with Crippen molar-refractivity contribution in [1.82, 2.24) is 10.2 Å². The van der Waals surface area contributed by atoms with Crippen LogP contribution in [0, 0.1) is 0 Å². The van der Waals surface area contributed by atoms with Gasteiger partial charge in [0.25, 0.3) is 0 Å². The molecule has 3 heteroatoms. The summed E-state index contributed by atoms with van der Waals surface area (Å²) in [4.78, 5) is 13.7. The molecule has 1 amide bonds. The molecule has 84 valence electrons. The van der Waals surface area contributed by atoms with Crippen molar-refractivity contribution in [2.24, 2.45) is 0 Å². The zero-order valence-corrected chi connectivity index (χ0v) is 10.2. The maximum Gasteiger partial charge on any atom is 0.221 e. The number of amides is 1. The Morgan fingerprint density at radius 1 is 1.21 bits per heavy atom. The highest BCUT2D eigenvalue weighted by atomic mass is 16.1. The quantitative estimate of drug-likeness (QED) is 0.731. The smallest absolute Gasteiger partial charge is 0.221 e. The second kappa shape index (κ2) is 6.02. The standard InChI is InChI=1S/C11H24N2O/c1-6-13(7-2)9-8-10(14)12-11(3,4)5/h6-9H2,1-5H3,(H,12,14). The number of carbonyl (C=O) groups is 1. The van der Waals surface area contributed by atoms with E-state index in [-0.39, 0.29) is 11.4 Å². The highest BCUT2D eigenvalue weighted by Gasteiger charge is 2.13. The summed E-state index contributed by atoms with van der Waals surface area (Å²) in [5.41, 5.74) is -0.111. The maximum atomic E-state index is 11.5. The molecule has 0 aliphatic heterocycles. The van der Waals surface area contributed by atoms with Gasteiger partial charge in [-0.1, -0.05) is 13.8 Å². The van der Waals surface area contributed by atoms with Crippen molar-refractivity contribution in [2.45, 2.75) is 46.6 Å². The SMILES string of the molecule is CCN(CC)CCC(=O)NC(C)(C)C. The van der Waals surface area contributed by atoms with E-state index in [2.05, 4.69) is 24.1 Å². The van der Waals surface area contributed by atoms with Crippen LogP contribution in [-0.2, 0) is 4.79 Å². The van der Waals surface area contributed by atoms with Crippen molar-refractivity contribution < 1.29 is 4.79 Å². The highest BCUT2D eigenvalue weighted by molar-refractivity contribution is 5.76. The lowest BCUT2D eigenvalue weighted by atomic mass is 10.1. The van der Waals surface area contributed by atoms with Crippen LogP contribution in [0.15, 0.2) is 0 Å². The molecule has 0 aliphatic carbocycles. The predicted octanol–water partition coefficient (Wildman–Crippen LogP) is 1.63.